The van der Waals surface area contributed by atoms with Crippen molar-refractivity contribution in [3.63, 3.8) is 0 Å². The Bertz CT molecular complexity index is 956. The van der Waals surface area contributed by atoms with Crippen LogP contribution >= 0.6 is 34.5 Å². The average molecular weight is 375 g/mol. The molecule has 1 aromatic heterocycles. The highest BCUT2D eigenvalue weighted by molar-refractivity contribution is 7.11. The normalized spacial score (nSPS) is 11.3. The van der Waals surface area contributed by atoms with Gasteiger partial charge in [0.25, 0.3) is 0 Å². The largest absolute Gasteiger partial charge is 0.235 e. The molecule has 0 radical (unpaired) electrons. The molecule has 24 heavy (non-hydrogen) atoms. The van der Waals surface area contributed by atoms with E-state index in [2.05, 4.69) is 11.1 Å². The predicted octanol–water partition coefficient (Wildman–Crippen LogP) is 6.32. The maximum Gasteiger partial charge on any atom is 0.134 e. The lowest BCUT2D eigenvalue weighted by Crippen LogP contribution is -1.84. The lowest BCUT2D eigenvalue weighted by atomic mass is 10.1. The summed E-state index contributed by atoms with van der Waals surface area (Å²) in [6.07, 6.45) is 1.65. The number of nitrogens with zero attached hydrogens (tertiary/aromatic N) is 2. The van der Waals surface area contributed by atoms with Gasteiger partial charge in [-0.25, -0.2) is 9.37 Å². The molecule has 0 bridgehead atoms. The monoisotopic (exact) mass is 374 g/mol. The lowest BCUT2D eigenvalue weighted by molar-refractivity contribution is 0.628. The highest BCUT2D eigenvalue weighted by Crippen LogP contribution is 2.31. The summed E-state index contributed by atoms with van der Waals surface area (Å²) in [7, 11) is 0. The van der Waals surface area contributed by atoms with Gasteiger partial charge in [0, 0.05) is 10.9 Å². The molecular weight excluding hydrogens is 366 g/mol. The van der Waals surface area contributed by atoms with Crippen molar-refractivity contribution in [3.05, 3.63) is 74.3 Å². The Balaban J connectivity index is 1.98. The zero-order valence-electron chi connectivity index (χ0n) is 12.1. The van der Waals surface area contributed by atoms with Gasteiger partial charge in [0.15, 0.2) is 0 Å². The standard InChI is InChI=1S/C18H9Cl2FN2S/c19-15-3-1-2-12(17(15)20)8-13(9-22)18-23-16(10-24-18)11-4-6-14(21)7-5-11/h1-8,10H/b13-8-. The van der Waals surface area contributed by atoms with Crippen molar-refractivity contribution in [1.82, 2.24) is 4.98 Å². The maximum absolute atomic E-state index is 13.0. The first-order valence-corrected chi connectivity index (χ1v) is 8.49. The quantitative estimate of drug-likeness (QED) is 0.502. The molecule has 1 heterocycles. The first-order valence-electron chi connectivity index (χ1n) is 6.86. The van der Waals surface area contributed by atoms with E-state index in [0.717, 1.165) is 5.56 Å². The van der Waals surface area contributed by atoms with E-state index in [1.807, 2.05) is 5.38 Å². The number of thiazole rings is 1. The van der Waals surface area contributed by atoms with Crippen LogP contribution < -0.4 is 0 Å². The van der Waals surface area contributed by atoms with Crippen molar-refractivity contribution in [2.75, 3.05) is 0 Å². The molecule has 6 heteroatoms. The third-order valence-corrected chi connectivity index (χ3v) is 4.99. The second kappa shape index (κ2) is 7.14. The van der Waals surface area contributed by atoms with E-state index in [9.17, 15) is 9.65 Å². The van der Waals surface area contributed by atoms with E-state index in [-0.39, 0.29) is 5.82 Å². The molecule has 0 aliphatic carbocycles. The molecule has 0 atom stereocenters. The molecule has 0 amide bonds. The predicted molar refractivity (Wildman–Crippen MR) is 97.5 cm³/mol. The van der Waals surface area contributed by atoms with Gasteiger partial charge in [-0.05, 0) is 42.0 Å². The van der Waals surface area contributed by atoms with Crippen LogP contribution in [0.25, 0.3) is 22.9 Å². The minimum Gasteiger partial charge on any atom is -0.235 e. The lowest BCUT2D eigenvalue weighted by Gasteiger charge is -2.01. The van der Waals surface area contributed by atoms with Gasteiger partial charge in [-0.2, -0.15) is 5.26 Å². The fraction of sp³-hybridized carbons (Fsp3) is 0. The number of allylic oxidation sites excluding steroid dienone is 1. The number of rotatable bonds is 3. The molecule has 0 fully saturated rings. The van der Waals surface area contributed by atoms with Crippen molar-refractivity contribution >= 4 is 46.2 Å². The van der Waals surface area contributed by atoms with Crippen molar-refractivity contribution in [2.45, 2.75) is 0 Å². The smallest absolute Gasteiger partial charge is 0.134 e. The fourth-order valence-electron chi connectivity index (χ4n) is 2.08. The van der Waals surface area contributed by atoms with Crippen LogP contribution in [0.1, 0.15) is 10.6 Å². The molecule has 0 saturated carbocycles. The summed E-state index contributed by atoms with van der Waals surface area (Å²) in [5.74, 6) is -0.303. The van der Waals surface area contributed by atoms with E-state index >= 15 is 0 Å². The van der Waals surface area contributed by atoms with E-state index < -0.39 is 0 Å². The third kappa shape index (κ3) is 3.49. The van der Waals surface area contributed by atoms with Crippen molar-refractivity contribution < 1.29 is 4.39 Å². The highest BCUT2D eigenvalue weighted by Gasteiger charge is 2.11. The van der Waals surface area contributed by atoms with Gasteiger partial charge < -0.3 is 0 Å². The minimum atomic E-state index is -0.303. The van der Waals surface area contributed by atoms with Crippen LogP contribution in [-0.2, 0) is 0 Å². The van der Waals surface area contributed by atoms with Crippen molar-refractivity contribution in [1.29, 1.82) is 5.26 Å². The zero-order chi connectivity index (χ0) is 17.1. The van der Waals surface area contributed by atoms with Crippen molar-refractivity contribution in [2.24, 2.45) is 0 Å². The number of hydrogen-bond acceptors (Lipinski definition) is 3. The van der Waals surface area contributed by atoms with Crippen LogP contribution in [0.3, 0.4) is 0 Å². The summed E-state index contributed by atoms with van der Waals surface area (Å²) < 4.78 is 13.0. The van der Waals surface area contributed by atoms with Gasteiger partial charge >= 0.3 is 0 Å². The molecule has 0 unspecified atom stereocenters. The first kappa shape index (κ1) is 16.7. The van der Waals surface area contributed by atoms with Gasteiger partial charge in [-0.1, -0.05) is 35.3 Å². The summed E-state index contributed by atoms with van der Waals surface area (Å²) in [6, 6.07) is 13.4. The summed E-state index contributed by atoms with van der Waals surface area (Å²) in [6.45, 7) is 0. The van der Waals surface area contributed by atoms with Crippen LogP contribution in [0.15, 0.2) is 47.8 Å². The molecule has 2 aromatic carbocycles. The maximum atomic E-state index is 13.0. The SMILES string of the molecule is N#C/C(=C/c1cccc(Cl)c1Cl)c1nc(-c2ccc(F)cc2)cs1. The fourth-order valence-corrected chi connectivity index (χ4v) is 3.24. The molecule has 0 N–H and O–H groups in total. The molecule has 0 aliphatic rings. The Labute approximate surface area is 152 Å². The second-order valence-corrected chi connectivity index (χ2v) is 6.50. The van der Waals surface area contributed by atoms with Crippen LogP contribution in [0.2, 0.25) is 10.0 Å². The van der Waals surface area contributed by atoms with Crippen LogP contribution in [-0.4, -0.2) is 4.98 Å². The first-order chi connectivity index (χ1) is 11.6. The van der Waals surface area contributed by atoms with Gasteiger partial charge in [0.2, 0.25) is 0 Å². The van der Waals surface area contributed by atoms with E-state index in [1.54, 1.807) is 36.4 Å². The molecule has 0 spiro atoms. The summed E-state index contributed by atoms with van der Waals surface area (Å²) in [5.41, 5.74) is 2.52. The topological polar surface area (TPSA) is 36.7 Å². The molecule has 3 aromatic rings. The molecule has 118 valence electrons. The Morgan fingerprint density at radius 1 is 1.17 bits per heavy atom. The van der Waals surface area contributed by atoms with Gasteiger partial charge in [-0.15, -0.1) is 11.3 Å². The van der Waals surface area contributed by atoms with Gasteiger partial charge in [0.1, 0.15) is 16.9 Å². The Hall–Kier alpha value is -2.19. The van der Waals surface area contributed by atoms with Gasteiger partial charge in [0.05, 0.1) is 21.3 Å². The number of hydrogen-bond donors (Lipinski definition) is 0. The zero-order valence-corrected chi connectivity index (χ0v) is 14.5. The van der Waals surface area contributed by atoms with E-state index in [1.165, 1.54) is 23.5 Å². The molecule has 0 saturated heterocycles. The molecule has 3 rings (SSSR count). The molecular formula is C18H9Cl2FN2S. The Morgan fingerprint density at radius 3 is 2.62 bits per heavy atom. The van der Waals surface area contributed by atoms with Crippen molar-refractivity contribution in [3.8, 4) is 17.3 Å². The summed E-state index contributed by atoms with van der Waals surface area (Å²) in [5, 5.41) is 12.6. The summed E-state index contributed by atoms with van der Waals surface area (Å²) in [4.78, 5) is 4.46. The van der Waals surface area contributed by atoms with Crippen LogP contribution in [0.5, 0.6) is 0 Å². The number of benzene rings is 2. The van der Waals surface area contributed by atoms with Crippen LogP contribution in [0.4, 0.5) is 4.39 Å². The van der Waals surface area contributed by atoms with Crippen LogP contribution in [0, 0.1) is 17.1 Å². The second-order valence-electron chi connectivity index (χ2n) is 4.86. The Kier molecular flexibility index (Phi) is 4.96. The Morgan fingerprint density at radius 2 is 1.92 bits per heavy atom. The number of aromatic nitrogens is 1. The number of nitriles is 1. The third-order valence-electron chi connectivity index (χ3n) is 3.28. The van der Waals surface area contributed by atoms with E-state index in [0.29, 0.717) is 31.9 Å². The van der Waals surface area contributed by atoms with Gasteiger partial charge in [-0.3, -0.25) is 0 Å². The highest BCUT2D eigenvalue weighted by atomic mass is 35.5. The molecule has 2 nitrogen and oxygen atoms in total. The summed E-state index contributed by atoms with van der Waals surface area (Å²) >= 11 is 13.5. The molecule has 0 aliphatic heterocycles. The number of halogens is 3. The average Bonchev–Trinajstić information content (AvgIpc) is 3.06. The van der Waals surface area contributed by atoms with E-state index in [4.69, 9.17) is 23.2 Å². The minimum absolute atomic E-state index is 0.303.